The van der Waals surface area contributed by atoms with Gasteiger partial charge >= 0.3 is 0 Å². The van der Waals surface area contributed by atoms with Crippen LogP contribution in [0, 0.1) is 0 Å². The first-order valence-electron chi connectivity index (χ1n) is 26.2. The normalized spacial score (nSPS) is 18.3. The Morgan fingerprint density at radius 2 is 1.10 bits per heavy atom. The van der Waals surface area contributed by atoms with Gasteiger partial charge in [-0.25, -0.2) is 0 Å². The van der Waals surface area contributed by atoms with Crippen molar-refractivity contribution >= 4 is 61.1 Å². The fraction of sp³-hybridized carbons (Fsp3) is 0.171. The maximum atomic E-state index is 2.60. The number of anilines is 4. The molecule has 3 aliphatic carbocycles. The van der Waals surface area contributed by atoms with Crippen LogP contribution in [-0.4, -0.2) is 0 Å². The SMILES string of the molecule is CC1(C)C2=C(CCC=C2)N(c2ccc3c(-c4ccc5ccccc5c4)c4cc(N5C6=C(CCC=C6)C(C)(C)c6ccccc65)ccc4c(-c4cccc(C5CC=Cc6ccccc65)c4)c3c2)c2ccccc21. The second-order valence-electron chi connectivity index (χ2n) is 21.8. The molecule has 2 heteroatoms. The maximum Gasteiger partial charge on any atom is 0.0502 e. The van der Waals surface area contributed by atoms with Crippen LogP contribution < -0.4 is 9.80 Å². The van der Waals surface area contributed by atoms with Crippen LogP contribution in [0.5, 0.6) is 0 Å². The summed E-state index contributed by atoms with van der Waals surface area (Å²) >= 11 is 0. The quantitative estimate of drug-likeness (QED) is 0.159. The molecule has 5 aliphatic rings. The molecule has 0 N–H and O–H groups in total. The topological polar surface area (TPSA) is 6.48 Å². The van der Waals surface area contributed by atoms with E-state index in [-0.39, 0.29) is 16.7 Å². The van der Waals surface area contributed by atoms with E-state index in [1.165, 1.54) is 128 Å². The molecule has 1 unspecified atom stereocenters. The monoisotopic (exact) mass is 926 g/mol. The third-order valence-electron chi connectivity index (χ3n) is 17.1. The average molecular weight is 927 g/mol. The molecule has 0 saturated carbocycles. The summed E-state index contributed by atoms with van der Waals surface area (Å²) in [6, 6.07) is 67.5. The lowest BCUT2D eigenvalue weighted by molar-refractivity contribution is 0.571. The molecule has 0 bridgehead atoms. The molecule has 0 aromatic heterocycles. The predicted molar refractivity (Wildman–Crippen MR) is 306 cm³/mol. The Bertz CT molecular complexity index is 3920. The fourth-order valence-corrected chi connectivity index (χ4v) is 13.6. The molecule has 1 atom stereocenters. The van der Waals surface area contributed by atoms with Crippen molar-refractivity contribution in [1.82, 2.24) is 0 Å². The smallest absolute Gasteiger partial charge is 0.0502 e. The van der Waals surface area contributed by atoms with Crippen molar-refractivity contribution in [2.24, 2.45) is 0 Å². The summed E-state index contributed by atoms with van der Waals surface area (Å²) in [5.41, 5.74) is 22.2. The van der Waals surface area contributed by atoms with Gasteiger partial charge in [0.25, 0.3) is 0 Å². The summed E-state index contributed by atoms with van der Waals surface area (Å²) < 4.78 is 0. The van der Waals surface area contributed by atoms with Crippen LogP contribution in [0.3, 0.4) is 0 Å². The van der Waals surface area contributed by atoms with Gasteiger partial charge in [0, 0.05) is 45.2 Å². The van der Waals surface area contributed by atoms with E-state index >= 15 is 0 Å². The Morgan fingerprint density at radius 1 is 0.458 bits per heavy atom. The Labute approximate surface area is 424 Å². The lowest BCUT2D eigenvalue weighted by atomic mass is 9.70. The van der Waals surface area contributed by atoms with Crippen LogP contribution >= 0.6 is 0 Å². The first kappa shape index (κ1) is 42.9. The second kappa shape index (κ2) is 16.3. The van der Waals surface area contributed by atoms with E-state index in [0.29, 0.717) is 0 Å². The van der Waals surface area contributed by atoms with Gasteiger partial charge in [-0.15, -0.1) is 0 Å². The molecule has 0 saturated heterocycles. The van der Waals surface area contributed by atoms with Crippen LogP contribution in [-0.2, 0) is 10.8 Å². The maximum absolute atomic E-state index is 2.60. The highest BCUT2D eigenvalue weighted by molar-refractivity contribution is 6.23. The summed E-state index contributed by atoms with van der Waals surface area (Å²) in [4.78, 5) is 5.17. The highest BCUT2D eigenvalue weighted by Crippen LogP contribution is 2.55. The van der Waals surface area contributed by atoms with Crippen LogP contribution in [0.2, 0.25) is 0 Å². The van der Waals surface area contributed by atoms with E-state index in [4.69, 9.17) is 0 Å². The van der Waals surface area contributed by atoms with Crippen molar-refractivity contribution in [3.8, 4) is 22.3 Å². The van der Waals surface area contributed by atoms with Gasteiger partial charge in [0.15, 0.2) is 0 Å². The van der Waals surface area contributed by atoms with Gasteiger partial charge in [-0.3, -0.25) is 0 Å². The molecular formula is C70H58N2. The number of para-hydroxylation sites is 2. The van der Waals surface area contributed by atoms with E-state index in [1.807, 2.05) is 0 Å². The summed E-state index contributed by atoms with van der Waals surface area (Å²) in [5, 5.41) is 7.52. The highest BCUT2D eigenvalue weighted by Gasteiger charge is 2.40. The molecule has 348 valence electrons. The predicted octanol–water partition coefficient (Wildman–Crippen LogP) is 19.1. The fourth-order valence-electron chi connectivity index (χ4n) is 13.6. The average Bonchev–Trinajstić information content (AvgIpc) is 3.42. The lowest BCUT2D eigenvalue weighted by Crippen LogP contribution is -2.34. The first-order valence-corrected chi connectivity index (χ1v) is 26.2. The summed E-state index contributed by atoms with van der Waals surface area (Å²) in [6.07, 6.45) is 19.3. The van der Waals surface area contributed by atoms with Gasteiger partial charge in [0.1, 0.15) is 0 Å². The molecule has 0 spiro atoms. The molecule has 0 radical (unpaired) electrons. The summed E-state index contributed by atoms with van der Waals surface area (Å²) in [7, 11) is 0. The third-order valence-corrected chi connectivity index (χ3v) is 17.1. The minimum absolute atomic E-state index is 0.0730. The number of nitrogens with zero attached hydrogens (tertiary/aromatic N) is 2. The highest BCUT2D eigenvalue weighted by atomic mass is 15.2. The largest absolute Gasteiger partial charge is 0.314 e. The molecule has 72 heavy (non-hydrogen) atoms. The Morgan fingerprint density at radius 3 is 1.89 bits per heavy atom. The van der Waals surface area contributed by atoms with Crippen molar-refractivity contribution in [3.63, 3.8) is 0 Å². The molecule has 9 aromatic carbocycles. The Hall–Kier alpha value is -7.94. The van der Waals surface area contributed by atoms with Gasteiger partial charge in [-0.05, 0) is 174 Å². The van der Waals surface area contributed by atoms with Gasteiger partial charge in [0.05, 0.1) is 5.69 Å². The van der Waals surface area contributed by atoms with Crippen LogP contribution in [0.1, 0.15) is 93.5 Å². The molecular weight excluding hydrogens is 869 g/mol. The lowest BCUT2D eigenvalue weighted by Gasteiger charge is -2.44. The molecule has 0 fully saturated rings. The Kier molecular flexibility index (Phi) is 9.71. The van der Waals surface area contributed by atoms with E-state index in [9.17, 15) is 0 Å². The zero-order chi connectivity index (χ0) is 48.3. The molecule has 2 heterocycles. The van der Waals surface area contributed by atoms with Crippen molar-refractivity contribution in [2.75, 3.05) is 9.80 Å². The number of hydrogen-bond donors (Lipinski definition) is 0. The van der Waals surface area contributed by atoms with Crippen LogP contribution in [0.15, 0.2) is 229 Å². The molecule has 9 aromatic rings. The van der Waals surface area contributed by atoms with Crippen molar-refractivity contribution in [2.45, 2.75) is 76.5 Å². The second-order valence-corrected chi connectivity index (χ2v) is 21.8. The van der Waals surface area contributed by atoms with Crippen LogP contribution in [0.4, 0.5) is 22.7 Å². The van der Waals surface area contributed by atoms with E-state index in [1.54, 1.807) is 0 Å². The number of rotatable bonds is 5. The van der Waals surface area contributed by atoms with E-state index in [0.717, 1.165) is 32.1 Å². The summed E-state index contributed by atoms with van der Waals surface area (Å²) in [6.45, 7) is 9.65. The van der Waals surface area contributed by atoms with Crippen molar-refractivity contribution in [1.29, 1.82) is 0 Å². The molecule has 2 aliphatic heterocycles. The number of hydrogen-bond acceptors (Lipinski definition) is 2. The van der Waals surface area contributed by atoms with E-state index < -0.39 is 0 Å². The molecule has 2 nitrogen and oxygen atoms in total. The van der Waals surface area contributed by atoms with Gasteiger partial charge < -0.3 is 9.80 Å². The van der Waals surface area contributed by atoms with Gasteiger partial charge in [-0.2, -0.15) is 0 Å². The number of fused-ring (bicyclic) bond motifs is 6. The van der Waals surface area contributed by atoms with E-state index in [2.05, 4.69) is 250 Å². The minimum atomic E-state index is -0.110. The zero-order valence-electron chi connectivity index (χ0n) is 41.7. The van der Waals surface area contributed by atoms with Crippen LogP contribution in [0.25, 0.3) is 60.6 Å². The standard InChI is InChI=1S/C70H58N2/c1-69(2)59-27-9-13-31-63(59)71(64-32-14-10-28-60(64)69)51-38-40-56-57(43-51)67(49-24-17-23-48(42-49)54-26-18-22-46-20-7-8-25-53(46)54)55-39-37-52(44-58(55)68(56)50-36-35-45-19-5-6-21-47(45)41-50)72-65-33-15-11-29-61(65)70(3,4)62-30-12-16-34-66(62)72/h5-11,13,15-25,27-29,31,33-44,54H,12,14,26,30,32H2,1-4H3. The zero-order valence-corrected chi connectivity index (χ0v) is 41.7. The van der Waals surface area contributed by atoms with Gasteiger partial charge in [-0.1, -0.05) is 192 Å². The van der Waals surface area contributed by atoms with Crippen molar-refractivity contribution in [3.05, 3.63) is 257 Å². The number of benzene rings is 9. The first-order chi connectivity index (χ1) is 35.2. The minimum Gasteiger partial charge on any atom is -0.314 e. The number of allylic oxidation sites excluding steroid dienone is 8. The Balaban J connectivity index is 1.08. The molecule has 14 rings (SSSR count). The van der Waals surface area contributed by atoms with Crippen molar-refractivity contribution < 1.29 is 0 Å². The molecule has 0 amide bonds. The summed E-state index contributed by atoms with van der Waals surface area (Å²) in [5.74, 6) is 0.273. The third kappa shape index (κ3) is 6.47. The van der Waals surface area contributed by atoms with Gasteiger partial charge in [0.2, 0.25) is 0 Å².